The van der Waals surface area contributed by atoms with Gasteiger partial charge in [-0.15, -0.1) is 0 Å². The summed E-state index contributed by atoms with van der Waals surface area (Å²) in [6.45, 7) is 4.46. The van der Waals surface area contributed by atoms with Gasteiger partial charge in [0.2, 0.25) is 0 Å². The van der Waals surface area contributed by atoms with Crippen molar-refractivity contribution in [1.29, 1.82) is 0 Å². The number of hydrogen-bond acceptors (Lipinski definition) is 6. The number of rotatable bonds is 6. The molecule has 3 heterocycles. The molecule has 158 valence electrons. The molecule has 1 saturated heterocycles. The van der Waals surface area contributed by atoms with Crippen molar-refractivity contribution in [2.45, 2.75) is 18.9 Å². The van der Waals surface area contributed by atoms with Gasteiger partial charge in [-0.25, -0.2) is 0 Å². The van der Waals surface area contributed by atoms with E-state index < -0.39 is 0 Å². The van der Waals surface area contributed by atoms with Crippen LogP contribution in [0.3, 0.4) is 0 Å². The number of fused-ring (bicyclic) bond motifs is 3. The molecule has 3 aromatic rings. The molecule has 1 fully saturated rings. The lowest BCUT2D eigenvalue weighted by Crippen LogP contribution is -2.42. The second-order valence-electron chi connectivity index (χ2n) is 8.04. The van der Waals surface area contributed by atoms with Crippen LogP contribution in [-0.4, -0.2) is 56.2 Å². The first-order valence-electron chi connectivity index (χ1n) is 10.7. The smallest absolute Gasteiger partial charge is 0.172 e. The Bertz CT molecular complexity index is 997. The van der Waals surface area contributed by atoms with Gasteiger partial charge in [0.15, 0.2) is 11.5 Å². The van der Waals surface area contributed by atoms with Crippen LogP contribution in [0, 0.1) is 5.92 Å². The molecule has 1 unspecified atom stereocenters. The summed E-state index contributed by atoms with van der Waals surface area (Å²) >= 11 is 0. The highest BCUT2D eigenvalue weighted by Gasteiger charge is 2.25. The van der Waals surface area contributed by atoms with Crippen LogP contribution in [0.2, 0.25) is 0 Å². The van der Waals surface area contributed by atoms with Crippen LogP contribution in [0.1, 0.15) is 12.8 Å². The van der Waals surface area contributed by atoms with Crippen molar-refractivity contribution in [2.75, 3.05) is 44.8 Å². The Morgan fingerprint density at radius 2 is 2.03 bits per heavy atom. The summed E-state index contributed by atoms with van der Waals surface area (Å²) < 4.78 is 17.7. The number of aromatic nitrogens is 2. The van der Waals surface area contributed by atoms with Crippen LogP contribution in [0.25, 0.3) is 10.9 Å². The number of nitrogens with zero attached hydrogens (tertiary/aromatic N) is 2. The standard InChI is InChI=1S/C23H28N4O3/c1-28-21-5-3-2-4-20(21)27-10-8-16(9-11-27)12-24-13-17-15-29-22-7-6-19-18(14-25-26-19)23(22)30-17/h2-7,14,16-17,24H,8-13,15H2,1H3,(H,25,26). The van der Waals surface area contributed by atoms with Gasteiger partial charge >= 0.3 is 0 Å². The van der Waals surface area contributed by atoms with Gasteiger partial charge in [0, 0.05) is 19.6 Å². The van der Waals surface area contributed by atoms with Crippen molar-refractivity contribution in [3.05, 3.63) is 42.6 Å². The van der Waals surface area contributed by atoms with Crippen LogP contribution in [0.15, 0.2) is 42.6 Å². The molecule has 5 rings (SSSR count). The van der Waals surface area contributed by atoms with Gasteiger partial charge in [-0.2, -0.15) is 5.10 Å². The van der Waals surface area contributed by atoms with E-state index in [0.29, 0.717) is 12.5 Å². The summed E-state index contributed by atoms with van der Waals surface area (Å²) in [4.78, 5) is 2.43. The molecule has 2 aromatic carbocycles. The molecule has 0 radical (unpaired) electrons. The van der Waals surface area contributed by atoms with E-state index in [2.05, 4.69) is 32.5 Å². The molecule has 0 amide bonds. The summed E-state index contributed by atoms with van der Waals surface area (Å²) in [6, 6.07) is 12.2. The van der Waals surface area contributed by atoms with E-state index in [1.165, 1.54) is 18.5 Å². The third-order valence-electron chi connectivity index (χ3n) is 6.09. The number of benzene rings is 2. The second kappa shape index (κ2) is 8.44. The van der Waals surface area contributed by atoms with E-state index in [4.69, 9.17) is 14.2 Å². The van der Waals surface area contributed by atoms with E-state index in [1.54, 1.807) is 13.3 Å². The summed E-state index contributed by atoms with van der Waals surface area (Å²) in [6.07, 6.45) is 4.15. The molecule has 30 heavy (non-hydrogen) atoms. The van der Waals surface area contributed by atoms with Crippen LogP contribution in [0.4, 0.5) is 5.69 Å². The molecule has 2 N–H and O–H groups in total. The zero-order valence-electron chi connectivity index (χ0n) is 17.3. The lowest BCUT2D eigenvalue weighted by atomic mass is 9.96. The number of anilines is 1. The number of hydrogen-bond donors (Lipinski definition) is 2. The van der Waals surface area contributed by atoms with Crippen LogP contribution < -0.4 is 24.4 Å². The monoisotopic (exact) mass is 408 g/mol. The van der Waals surface area contributed by atoms with Crippen molar-refractivity contribution in [2.24, 2.45) is 5.92 Å². The third kappa shape index (κ3) is 3.77. The maximum absolute atomic E-state index is 6.22. The minimum Gasteiger partial charge on any atom is -0.495 e. The molecule has 7 nitrogen and oxygen atoms in total. The Hall–Kier alpha value is -2.93. The summed E-state index contributed by atoms with van der Waals surface area (Å²) in [5.41, 5.74) is 2.16. The first kappa shape index (κ1) is 19.1. The van der Waals surface area contributed by atoms with Gasteiger partial charge in [-0.3, -0.25) is 5.10 Å². The summed E-state index contributed by atoms with van der Waals surface area (Å²) in [7, 11) is 1.74. The summed E-state index contributed by atoms with van der Waals surface area (Å²) in [5, 5.41) is 11.7. The highest BCUT2D eigenvalue weighted by molar-refractivity contribution is 5.87. The van der Waals surface area contributed by atoms with Crippen molar-refractivity contribution in [1.82, 2.24) is 15.5 Å². The maximum Gasteiger partial charge on any atom is 0.172 e. The normalized spacial score (nSPS) is 19.2. The topological polar surface area (TPSA) is 71.6 Å². The van der Waals surface area contributed by atoms with E-state index in [0.717, 1.165) is 54.3 Å². The van der Waals surface area contributed by atoms with Crippen LogP contribution >= 0.6 is 0 Å². The minimum absolute atomic E-state index is 0.00617. The Balaban J connectivity index is 1.10. The molecule has 1 aromatic heterocycles. The van der Waals surface area contributed by atoms with Gasteiger partial charge in [0.05, 0.1) is 29.9 Å². The number of piperidine rings is 1. The number of para-hydroxylation sites is 2. The fourth-order valence-corrected chi connectivity index (χ4v) is 4.41. The van der Waals surface area contributed by atoms with Crippen LogP contribution in [0.5, 0.6) is 17.2 Å². The molecule has 1 atom stereocenters. The number of methoxy groups -OCH3 is 1. The van der Waals surface area contributed by atoms with Crippen molar-refractivity contribution >= 4 is 16.6 Å². The largest absolute Gasteiger partial charge is 0.495 e. The average molecular weight is 409 g/mol. The molecular formula is C23H28N4O3. The molecule has 2 aliphatic heterocycles. The highest BCUT2D eigenvalue weighted by Crippen LogP contribution is 2.38. The summed E-state index contributed by atoms with van der Waals surface area (Å²) in [5.74, 6) is 3.22. The fourth-order valence-electron chi connectivity index (χ4n) is 4.41. The SMILES string of the molecule is COc1ccccc1N1CCC(CNCC2COc3ccc4[nH]ncc4c3O2)CC1. The quantitative estimate of drug-likeness (QED) is 0.653. The van der Waals surface area contributed by atoms with Gasteiger partial charge in [-0.1, -0.05) is 12.1 Å². The number of ether oxygens (including phenoxy) is 3. The Kier molecular flexibility index (Phi) is 5.36. The van der Waals surface area contributed by atoms with E-state index >= 15 is 0 Å². The van der Waals surface area contributed by atoms with Gasteiger partial charge in [0.1, 0.15) is 18.5 Å². The predicted octanol–water partition coefficient (Wildman–Crippen LogP) is 3.22. The average Bonchev–Trinajstić information content (AvgIpc) is 3.29. The van der Waals surface area contributed by atoms with Gasteiger partial charge in [0.25, 0.3) is 0 Å². The van der Waals surface area contributed by atoms with E-state index in [1.807, 2.05) is 24.3 Å². The maximum atomic E-state index is 6.22. The zero-order valence-corrected chi connectivity index (χ0v) is 17.3. The first-order chi connectivity index (χ1) is 14.8. The Labute approximate surface area is 176 Å². The molecule has 0 saturated carbocycles. The van der Waals surface area contributed by atoms with Crippen molar-refractivity contribution in [3.63, 3.8) is 0 Å². The molecule has 7 heteroatoms. The molecule has 0 bridgehead atoms. The van der Waals surface area contributed by atoms with Gasteiger partial charge < -0.3 is 24.4 Å². The van der Waals surface area contributed by atoms with Crippen molar-refractivity contribution in [3.8, 4) is 17.2 Å². The first-order valence-corrected chi connectivity index (χ1v) is 10.7. The van der Waals surface area contributed by atoms with Crippen LogP contribution in [-0.2, 0) is 0 Å². The fraction of sp³-hybridized carbons (Fsp3) is 0.435. The molecule has 0 aliphatic carbocycles. The van der Waals surface area contributed by atoms with Crippen molar-refractivity contribution < 1.29 is 14.2 Å². The predicted molar refractivity (Wildman–Crippen MR) is 117 cm³/mol. The lowest BCUT2D eigenvalue weighted by molar-refractivity contribution is 0.0914. The van der Waals surface area contributed by atoms with E-state index in [-0.39, 0.29) is 6.10 Å². The molecular weight excluding hydrogens is 380 g/mol. The Morgan fingerprint density at radius 3 is 2.90 bits per heavy atom. The minimum atomic E-state index is 0.00617. The van der Waals surface area contributed by atoms with Gasteiger partial charge in [-0.05, 0) is 49.6 Å². The number of H-pyrrole nitrogens is 1. The molecule has 0 spiro atoms. The molecule has 2 aliphatic rings. The second-order valence-corrected chi connectivity index (χ2v) is 8.04. The zero-order chi connectivity index (χ0) is 20.3. The Morgan fingerprint density at radius 1 is 1.17 bits per heavy atom. The third-order valence-corrected chi connectivity index (χ3v) is 6.09. The van der Waals surface area contributed by atoms with E-state index in [9.17, 15) is 0 Å². The highest BCUT2D eigenvalue weighted by atomic mass is 16.6. The number of nitrogens with one attached hydrogen (secondary N) is 2. The lowest BCUT2D eigenvalue weighted by Gasteiger charge is -2.34. The number of aromatic amines is 1.